The Hall–Kier alpha value is -1.39. The van der Waals surface area contributed by atoms with Gasteiger partial charge in [-0.25, -0.2) is 4.98 Å². The average molecular weight is 289 g/mol. The number of aromatic nitrogens is 1. The molecule has 1 unspecified atom stereocenters. The van der Waals surface area contributed by atoms with Crippen molar-refractivity contribution in [2.24, 2.45) is 0 Å². The van der Waals surface area contributed by atoms with Crippen LogP contribution in [0, 0.1) is 0 Å². The number of nitrogens with zero attached hydrogens (tertiary/aromatic N) is 2. The summed E-state index contributed by atoms with van der Waals surface area (Å²) in [6.07, 6.45) is 1.15. The first-order valence-electron chi connectivity index (χ1n) is 7.27. The standard InChI is InChI=1S/C16H23N3S/c1-4-11-17-13(3)15-12-20-16(18-15)19(5-2)14-9-7-6-8-10-14/h6-10,12-13,17H,4-5,11H2,1-3H3. The van der Waals surface area contributed by atoms with E-state index in [0.717, 1.165) is 30.3 Å². The maximum Gasteiger partial charge on any atom is 0.190 e. The summed E-state index contributed by atoms with van der Waals surface area (Å²) < 4.78 is 0. The lowest BCUT2D eigenvalue weighted by atomic mass is 10.2. The van der Waals surface area contributed by atoms with Crippen molar-refractivity contribution in [1.29, 1.82) is 0 Å². The normalized spacial score (nSPS) is 12.3. The Morgan fingerprint density at radius 3 is 2.65 bits per heavy atom. The SMILES string of the molecule is CCCNC(C)c1csc(N(CC)c2ccccc2)n1. The molecule has 0 radical (unpaired) electrons. The third-order valence-electron chi connectivity index (χ3n) is 3.27. The van der Waals surface area contributed by atoms with Gasteiger partial charge in [-0.05, 0) is 38.9 Å². The van der Waals surface area contributed by atoms with Crippen LogP contribution < -0.4 is 10.2 Å². The molecule has 1 aromatic carbocycles. The van der Waals surface area contributed by atoms with Crippen molar-refractivity contribution < 1.29 is 0 Å². The summed E-state index contributed by atoms with van der Waals surface area (Å²) in [4.78, 5) is 7.04. The fraction of sp³-hybridized carbons (Fsp3) is 0.438. The number of nitrogens with one attached hydrogen (secondary N) is 1. The Kier molecular flexibility index (Phi) is 5.56. The maximum atomic E-state index is 4.79. The van der Waals surface area contributed by atoms with E-state index in [1.807, 2.05) is 6.07 Å². The Labute approximate surface area is 125 Å². The monoisotopic (exact) mass is 289 g/mol. The van der Waals surface area contributed by atoms with Gasteiger partial charge in [-0.1, -0.05) is 25.1 Å². The first-order chi connectivity index (χ1) is 9.76. The van der Waals surface area contributed by atoms with E-state index >= 15 is 0 Å². The summed E-state index contributed by atoms with van der Waals surface area (Å²) in [5.74, 6) is 0. The quantitative estimate of drug-likeness (QED) is 0.820. The van der Waals surface area contributed by atoms with Crippen LogP contribution in [0.25, 0.3) is 0 Å². The first kappa shape index (κ1) is 15.0. The zero-order valence-electron chi connectivity index (χ0n) is 12.5. The molecule has 20 heavy (non-hydrogen) atoms. The molecule has 0 saturated heterocycles. The van der Waals surface area contributed by atoms with Gasteiger partial charge < -0.3 is 10.2 Å². The number of benzene rings is 1. The smallest absolute Gasteiger partial charge is 0.190 e. The summed E-state index contributed by atoms with van der Waals surface area (Å²) in [5.41, 5.74) is 2.33. The van der Waals surface area contributed by atoms with Crippen LogP contribution in [0.2, 0.25) is 0 Å². The average Bonchev–Trinajstić information content (AvgIpc) is 2.96. The first-order valence-corrected chi connectivity index (χ1v) is 8.15. The molecule has 0 aliphatic rings. The van der Waals surface area contributed by atoms with Gasteiger partial charge in [0.2, 0.25) is 0 Å². The fourth-order valence-corrected chi connectivity index (χ4v) is 3.10. The largest absolute Gasteiger partial charge is 0.318 e. The molecule has 0 amide bonds. The number of anilines is 2. The number of hydrogen-bond acceptors (Lipinski definition) is 4. The second kappa shape index (κ2) is 7.41. The van der Waals surface area contributed by atoms with E-state index in [-0.39, 0.29) is 0 Å². The number of hydrogen-bond donors (Lipinski definition) is 1. The summed E-state index contributed by atoms with van der Waals surface area (Å²) in [5, 5.41) is 6.71. The number of thiazole rings is 1. The minimum atomic E-state index is 0.314. The van der Waals surface area contributed by atoms with Crippen LogP contribution in [0.1, 0.15) is 38.9 Å². The van der Waals surface area contributed by atoms with Gasteiger partial charge in [0, 0.05) is 23.7 Å². The predicted octanol–water partition coefficient (Wildman–Crippen LogP) is 4.36. The van der Waals surface area contributed by atoms with Crippen molar-refractivity contribution in [2.45, 2.75) is 33.2 Å². The van der Waals surface area contributed by atoms with Gasteiger partial charge in [-0.15, -0.1) is 11.3 Å². The Bertz CT molecular complexity index is 509. The van der Waals surface area contributed by atoms with E-state index in [4.69, 9.17) is 4.98 Å². The Morgan fingerprint density at radius 2 is 2.00 bits per heavy atom. The molecule has 0 bridgehead atoms. The highest BCUT2D eigenvalue weighted by molar-refractivity contribution is 7.13. The van der Waals surface area contributed by atoms with Crippen LogP contribution in [-0.4, -0.2) is 18.1 Å². The van der Waals surface area contributed by atoms with E-state index in [1.165, 1.54) is 5.69 Å². The molecular weight excluding hydrogens is 266 g/mol. The molecule has 0 saturated carbocycles. The molecule has 0 fully saturated rings. The third kappa shape index (κ3) is 3.58. The van der Waals surface area contributed by atoms with Gasteiger partial charge in [-0.2, -0.15) is 0 Å². The molecule has 0 spiro atoms. The van der Waals surface area contributed by atoms with E-state index in [2.05, 4.69) is 60.6 Å². The predicted molar refractivity (Wildman–Crippen MR) is 87.9 cm³/mol. The van der Waals surface area contributed by atoms with Crippen LogP contribution in [0.3, 0.4) is 0 Å². The second-order valence-corrected chi connectivity index (χ2v) is 5.65. The summed E-state index contributed by atoms with van der Waals surface area (Å²) >= 11 is 1.71. The zero-order chi connectivity index (χ0) is 14.4. The van der Waals surface area contributed by atoms with Gasteiger partial charge >= 0.3 is 0 Å². The summed E-state index contributed by atoms with van der Waals surface area (Å²) in [6, 6.07) is 10.7. The lowest BCUT2D eigenvalue weighted by Gasteiger charge is -2.19. The molecular formula is C16H23N3S. The molecule has 1 N–H and O–H groups in total. The fourth-order valence-electron chi connectivity index (χ4n) is 2.10. The lowest BCUT2D eigenvalue weighted by Crippen LogP contribution is -2.20. The summed E-state index contributed by atoms with van der Waals surface area (Å²) in [6.45, 7) is 8.47. The van der Waals surface area contributed by atoms with Gasteiger partial charge in [-0.3, -0.25) is 0 Å². The van der Waals surface area contributed by atoms with Crippen molar-refractivity contribution in [2.75, 3.05) is 18.0 Å². The highest BCUT2D eigenvalue weighted by Gasteiger charge is 2.14. The Morgan fingerprint density at radius 1 is 1.25 bits per heavy atom. The molecule has 0 aliphatic heterocycles. The van der Waals surface area contributed by atoms with Crippen LogP contribution in [-0.2, 0) is 0 Å². The van der Waals surface area contributed by atoms with E-state index in [1.54, 1.807) is 11.3 Å². The van der Waals surface area contributed by atoms with Crippen LogP contribution in [0.15, 0.2) is 35.7 Å². The molecule has 108 valence electrons. The van der Waals surface area contributed by atoms with Crippen molar-refractivity contribution in [3.63, 3.8) is 0 Å². The highest BCUT2D eigenvalue weighted by Crippen LogP contribution is 2.29. The van der Waals surface area contributed by atoms with Gasteiger partial charge in [0.15, 0.2) is 5.13 Å². The minimum absolute atomic E-state index is 0.314. The Balaban J connectivity index is 2.14. The van der Waals surface area contributed by atoms with E-state index < -0.39 is 0 Å². The lowest BCUT2D eigenvalue weighted by molar-refractivity contribution is 0.561. The maximum absolute atomic E-state index is 4.79. The molecule has 4 heteroatoms. The van der Waals surface area contributed by atoms with Crippen molar-refractivity contribution >= 4 is 22.2 Å². The van der Waals surface area contributed by atoms with E-state index in [0.29, 0.717) is 6.04 Å². The zero-order valence-corrected chi connectivity index (χ0v) is 13.3. The van der Waals surface area contributed by atoms with Gasteiger partial charge in [0.1, 0.15) is 0 Å². The highest BCUT2D eigenvalue weighted by atomic mass is 32.1. The van der Waals surface area contributed by atoms with Crippen molar-refractivity contribution in [3.8, 4) is 0 Å². The van der Waals surface area contributed by atoms with Gasteiger partial charge in [0.25, 0.3) is 0 Å². The molecule has 1 atom stereocenters. The van der Waals surface area contributed by atoms with Crippen molar-refractivity contribution in [1.82, 2.24) is 10.3 Å². The molecule has 1 aromatic heterocycles. The molecule has 3 nitrogen and oxygen atoms in total. The molecule has 2 rings (SSSR count). The third-order valence-corrected chi connectivity index (χ3v) is 4.15. The van der Waals surface area contributed by atoms with Crippen LogP contribution >= 0.6 is 11.3 Å². The molecule has 1 heterocycles. The second-order valence-electron chi connectivity index (χ2n) is 4.81. The summed E-state index contributed by atoms with van der Waals surface area (Å²) in [7, 11) is 0. The van der Waals surface area contributed by atoms with Crippen LogP contribution in [0.5, 0.6) is 0 Å². The van der Waals surface area contributed by atoms with E-state index in [9.17, 15) is 0 Å². The molecule has 2 aromatic rings. The number of rotatable bonds is 7. The van der Waals surface area contributed by atoms with Crippen LogP contribution in [0.4, 0.5) is 10.8 Å². The van der Waals surface area contributed by atoms with Gasteiger partial charge in [0.05, 0.1) is 5.69 Å². The topological polar surface area (TPSA) is 28.2 Å². The molecule has 0 aliphatic carbocycles. The van der Waals surface area contributed by atoms with Crippen molar-refractivity contribution in [3.05, 3.63) is 41.4 Å². The number of para-hydroxylation sites is 1. The minimum Gasteiger partial charge on any atom is -0.318 e.